The Kier molecular flexibility index (Phi) is 4.72. The van der Waals surface area contributed by atoms with Crippen molar-refractivity contribution in [2.45, 2.75) is 77.2 Å². The van der Waals surface area contributed by atoms with Crippen LogP contribution in [-0.2, 0) is 12.8 Å². The maximum Gasteiger partial charge on any atom is 0.167 e. The molecule has 0 amide bonds. The summed E-state index contributed by atoms with van der Waals surface area (Å²) in [6, 6.07) is 4.76. The quantitative estimate of drug-likeness (QED) is 0.619. The zero-order valence-corrected chi connectivity index (χ0v) is 19.3. The molecule has 1 aliphatic carbocycles. The van der Waals surface area contributed by atoms with Gasteiger partial charge in [0.15, 0.2) is 6.17 Å². The molecule has 0 bridgehead atoms. The second-order valence-electron chi connectivity index (χ2n) is 10.4. The van der Waals surface area contributed by atoms with E-state index in [1.807, 2.05) is 12.6 Å². The van der Waals surface area contributed by atoms with Gasteiger partial charge in [-0.1, -0.05) is 38.1 Å². The van der Waals surface area contributed by atoms with Gasteiger partial charge in [-0.15, -0.1) is 0 Å². The van der Waals surface area contributed by atoms with E-state index in [4.69, 9.17) is 9.73 Å². The summed E-state index contributed by atoms with van der Waals surface area (Å²) >= 11 is 0. The highest BCUT2D eigenvalue weighted by molar-refractivity contribution is 5.76. The lowest BCUT2D eigenvalue weighted by molar-refractivity contribution is 0.159. The first-order valence-electron chi connectivity index (χ1n) is 11.5. The van der Waals surface area contributed by atoms with Crippen molar-refractivity contribution in [3.8, 4) is 5.75 Å². The summed E-state index contributed by atoms with van der Waals surface area (Å²) in [5.74, 6) is 1.61. The average molecular weight is 416 g/mol. The second-order valence-corrected chi connectivity index (χ2v) is 10.4. The molecule has 0 saturated heterocycles. The van der Waals surface area contributed by atoms with Gasteiger partial charge in [-0.2, -0.15) is 0 Å². The maximum absolute atomic E-state index is 6.21. The molecule has 4 aliphatic rings. The van der Waals surface area contributed by atoms with Crippen LogP contribution in [-0.4, -0.2) is 40.8 Å². The average Bonchev–Trinajstić information content (AvgIpc) is 3.07. The molecule has 0 fully saturated rings. The third-order valence-corrected chi connectivity index (χ3v) is 7.02. The van der Waals surface area contributed by atoms with Crippen LogP contribution in [0.3, 0.4) is 0 Å². The fraction of sp³-hybridized carbons (Fsp3) is 0.481. The molecular weight excluding hydrogens is 382 g/mol. The van der Waals surface area contributed by atoms with Crippen molar-refractivity contribution >= 4 is 18.6 Å². The first kappa shape index (κ1) is 20.3. The topological polar surface area (TPSA) is 37.2 Å². The number of hydrogen-bond donors (Lipinski definition) is 0. The van der Waals surface area contributed by atoms with E-state index < -0.39 is 0 Å². The minimum Gasteiger partial charge on any atom is -0.483 e. The first-order chi connectivity index (χ1) is 14.8. The molecule has 31 heavy (non-hydrogen) atoms. The summed E-state index contributed by atoms with van der Waals surface area (Å²) < 4.78 is 6.21. The van der Waals surface area contributed by atoms with Crippen LogP contribution in [0.5, 0.6) is 5.75 Å². The third kappa shape index (κ3) is 3.46. The molecule has 162 valence electrons. The molecule has 1 aromatic carbocycles. The van der Waals surface area contributed by atoms with Crippen LogP contribution >= 0.6 is 0 Å². The summed E-state index contributed by atoms with van der Waals surface area (Å²) in [5, 5.41) is 0. The fourth-order valence-corrected chi connectivity index (χ4v) is 5.33. The Balaban J connectivity index is 1.47. The molecule has 3 heterocycles. The Morgan fingerprint density at radius 1 is 1.16 bits per heavy atom. The van der Waals surface area contributed by atoms with Crippen LogP contribution in [0.4, 0.5) is 0 Å². The van der Waals surface area contributed by atoms with E-state index in [0.717, 1.165) is 25.0 Å². The van der Waals surface area contributed by atoms with Crippen molar-refractivity contribution in [3.05, 3.63) is 58.7 Å². The van der Waals surface area contributed by atoms with Gasteiger partial charge in [0.1, 0.15) is 11.4 Å². The summed E-state index contributed by atoms with van der Waals surface area (Å²) in [6.45, 7) is 11.1. The highest BCUT2D eigenvalue weighted by atomic mass is 16.5. The molecule has 0 aromatic heterocycles. The van der Waals surface area contributed by atoms with Crippen molar-refractivity contribution in [3.63, 3.8) is 0 Å². The first-order valence-corrected chi connectivity index (χ1v) is 11.5. The van der Waals surface area contributed by atoms with E-state index in [2.05, 4.69) is 87.0 Å². The van der Waals surface area contributed by atoms with Gasteiger partial charge in [0.25, 0.3) is 0 Å². The minimum absolute atomic E-state index is 0.0405. The number of benzene rings is 1. The van der Waals surface area contributed by atoms with Crippen molar-refractivity contribution in [1.82, 2.24) is 4.90 Å². The number of nitrogens with zero attached hydrogens (tertiary/aromatic N) is 3. The van der Waals surface area contributed by atoms with Crippen molar-refractivity contribution in [2.24, 2.45) is 15.9 Å². The fourth-order valence-electron chi connectivity index (χ4n) is 5.33. The Hall–Kier alpha value is -2.62. The molecule has 0 spiro atoms. The normalized spacial score (nSPS) is 28.1. The zero-order chi connectivity index (χ0) is 21.8. The molecule has 0 radical (unpaired) electrons. The SMILES string of the molecule is CC(C)CC(C1=CCc2c(ccc3c2C=CC(C)(C)O3)C1)N1C=NC2N=CC=CC21C. The van der Waals surface area contributed by atoms with Crippen LogP contribution in [0.1, 0.15) is 57.7 Å². The second kappa shape index (κ2) is 7.22. The molecule has 0 N–H and O–H groups in total. The van der Waals surface area contributed by atoms with E-state index >= 15 is 0 Å². The number of dihydropyridines is 1. The Bertz CT molecular complexity index is 1040. The molecule has 0 saturated carbocycles. The van der Waals surface area contributed by atoms with Crippen molar-refractivity contribution in [1.29, 1.82) is 0 Å². The third-order valence-electron chi connectivity index (χ3n) is 7.02. The number of fused-ring (bicyclic) bond motifs is 4. The Labute approximate surface area is 186 Å². The molecule has 3 unspecified atom stereocenters. The molecule has 4 nitrogen and oxygen atoms in total. The summed E-state index contributed by atoms with van der Waals surface area (Å²) in [5.41, 5.74) is 5.17. The van der Waals surface area contributed by atoms with Crippen LogP contribution < -0.4 is 4.74 Å². The zero-order valence-electron chi connectivity index (χ0n) is 19.3. The lowest BCUT2D eigenvalue weighted by Crippen LogP contribution is -2.53. The molecular formula is C27H33N3O. The highest BCUT2D eigenvalue weighted by Gasteiger charge is 2.45. The Morgan fingerprint density at radius 3 is 2.81 bits per heavy atom. The lowest BCUT2D eigenvalue weighted by Gasteiger charge is -2.43. The number of allylic oxidation sites excluding steroid dienone is 2. The standard InChI is InChI=1S/C27H33N3O/c1-18(2)15-23(30-17-29-25-27(30,5)12-6-14-28-25)20-7-9-21-19(16-20)8-10-24-22(21)11-13-26(3,4)31-24/h6-8,10-14,17-18,23,25H,9,15-16H2,1-5H3. The van der Waals surface area contributed by atoms with Crippen LogP contribution in [0.2, 0.25) is 0 Å². The number of rotatable bonds is 4. The van der Waals surface area contributed by atoms with Crippen LogP contribution in [0.25, 0.3) is 6.08 Å². The van der Waals surface area contributed by atoms with Crippen molar-refractivity contribution < 1.29 is 4.74 Å². The molecule has 3 atom stereocenters. The molecule has 1 aromatic rings. The number of ether oxygens (including phenoxy) is 1. The molecule has 3 aliphatic heterocycles. The van der Waals surface area contributed by atoms with Gasteiger partial charge in [-0.05, 0) is 80.9 Å². The van der Waals surface area contributed by atoms with Crippen LogP contribution in [0, 0.1) is 5.92 Å². The summed E-state index contributed by atoms with van der Waals surface area (Å²) in [6.07, 6.45) is 18.1. The molecule has 5 rings (SSSR count). The van der Waals surface area contributed by atoms with E-state index in [1.54, 1.807) is 0 Å². The summed E-state index contributed by atoms with van der Waals surface area (Å²) in [7, 11) is 0. The molecule has 4 heteroatoms. The lowest BCUT2D eigenvalue weighted by atomic mass is 9.81. The van der Waals surface area contributed by atoms with Crippen molar-refractivity contribution in [2.75, 3.05) is 0 Å². The largest absolute Gasteiger partial charge is 0.483 e. The van der Waals surface area contributed by atoms with Gasteiger partial charge < -0.3 is 9.64 Å². The predicted molar refractivity (Wildman–Crippen MR) is 129 cm³/mol. The van der Waals surface area contributed by atoms with Gasteiger partial charge in [-0.25, -0.2) is 4.99 Å². The van der Waals surface area contributed by atoms with Gasteiger partial charge in [0.2, 0.25) is 0 Å². The minimum atomic E-state index is -0.240. The van der Waals surface area contributed by atoms with Gasteiger partial charge in [0.05, 0.1) is 17.9 Å². The highest BCUT2D eigenvalue weighted by Crippen LogP contribution is 2.41. The predicted octanol–water partition coefficient (Wildman–Crippen LogP) is 5.38. The van der Waals surface area contributed by atoms with Crippen LogP contribution in [0.15, 0.2) is 52.0 Å². The number of aliphatic imine (C=N–C) groups is 2. The van der Waals surface area contributed by atoms with Gasteiger partial charge in [0, 0.05) is 11.8 Å². The van der Waals surface area contributed by atoms with Gasteiger partial charge >= 0.3 is 0 Å². The Morgan fingerprint density at radius 2 is 2.00 bits per heavy atom. The van der Waals surface area contributed by atoms with E-state index in [9.17, 15) is 0 Å². The maximum atomic E-state index is 6.21. The van der Waals surface area contributed by atoms with E-state index in [0.29, 0.717) is 12.0 Å². The monoisotopic (exact) mass is 415 g/mol. The van der Waals surface area contributed by atoms with E-state index in [1.165, 1.54) is 22.3 Å². The summed E-state index contributed by atoms with van der Waals surface area (Å²) in [4.78, 5) is 11.8. The van der Waals surface area contributed by atoms with Gasteiger partial charge in [-0.3, -0.25) is 4.99 Å². The number of hydrogen-bond acceptors (Lipinski definition) is 4. The van der Waals surface area contributed by atoms with E-state index in [-0.39, 0.29) is 17.3 Å². The smallest absolute Gasteiger partial charge is 0.167 e.